The second-order valence-corrected chi connectivity index (χ2v) is 10.2. The molecule has 5 rings (SSSR count). The summed E-state index contributed by atoms with van der Waals surface area (Å²) in [4.78, 5) is 0. The second kappa shape index (κ2) is 22.7. The van der Waals surface area contributed by atoms with Crippen LogP contribution in [0.15, 0.2) is 121 Å². The summed E-state index contributed by atoms with van der Waals surface area (Å²) in [6, 6.07) is 19.6. The molecule has 22 heteroatoms. The molecular formula is C35H26ClF15O5W. The quantitative estimate of drug-likeness (QED) is 0.0995. The molecule has 0 aliphatic rings. The summed E-state index contributed by atoms with van der Waals surface area (Å²) in [5, 5.41) is 43.4. The Morgan fingerprint density at radius 1 is 0.263 bits per heavy atom. The van der Waals surface area contributed by atoms with E-state index in [1.807, 2.05) is 0 Å². The first-order chi connectivity index (χ1) is 25.0. The Balaban J connectivity index is 0. The third-order valence-corrected chi connectivity index (χ3v) is 5.87. The summed E-state index contributed by atoms with van der Waals surface area (Å²) in [6.45, 7) is 0. The Kier molecular flexibility index (Phi) is 21.5. The molecule has 5 N–H and O–H groups in total. The smallest absolute Gasteiger partial charge is 0.416 e. The fraction of sp³-hybridized carbons (Fsp3) is 0.143. The topological polar surface area (TPSA) is 101 Å². The molecule has 0 saturated heterocycles. The summed E-state index contributed by atoms with van der Waals surface area (Å²) in [5.74, 6) is -1.88. The molecule has 0 aliphatic carbocycles. The summed E-state index contributed by atoms with van der Waals surface area (Å²) < 4.78 is 178. The number of hydrogen-bond donors (Lipinski definition) is 5. The number of hydrogen-bond acceptors (Lipinski definition) is 5. The first kappa shape index (κ1) is 54.1. The Labute approximate surface area is 333 Å². The Bertz CT molecular complexity index is 1610. The van der Waals surface area contributed by atoms with Crippen molar-refractivity contribution in [2.45, 2.75) is 30.9 Å². The molecule has 0 aromatic heterocycles. The Morgan fingerprint density at radius 2 is 0.386 bits per heavy atom. The molecular weight excluding hydrogens is 1000 g/mol. The van der Waals surface area contributed by atoms with Gasteiger partial charge in [-0.25, -0.2) is 0 Å². The van der Waals surface area contributed by atoms with Crippen LogP contribution < -0.4 is 0 Å². The molecule has 5 aromatic rings. The Hall–Kier alpha value is -4.97. The van der Waals surface area contributed by atoms with Crippen molar-refractivity contribution in [1.29, 1.82) is 0 Å². The molecule has 5 aromatic carbocycles. The van der Waals surface area contributed by atoms with Crippen molar-refractivity contribution >= 4 is 12.4 Å². The van der Waals surface area contributed by atoms with Gasteiger partial charge >= 0.3 is 30.9 Å². The Morgan fingerprint density at radius 3 is 0.456 bits per heavy atom. The van der Waals surface area contributed by atoms with E-state index in [2.05, 4.69) is 0 Å². The van der Waals surface area contributed by atoms with Gasteiger partial charge in [-0.15, -0.1) is 12.4 Å². The normalized spacial score (nSPS) is 11.1. The third-order valence-electron chi connectivity index (χ3n) is 5.87. The molecule has 0 fully saturated rings. The number of phenols is 5. The van der Waals surface area contributed by atoms with Crippen molar-refractivity contribution in [1.82, 2.24) is 0 Å². The molecule has 5 nitrogen and oxygen atoms in total. The van der Waals surface area contributed by atoms with Gasteiger partial charge in [0.25, 0.3) is 0 Å². The van der Waals surface area contributed by atoms with Crippen LogP contribution >= 0.6 is 12.4 Å². The number of alkyl halides is 15. The summed E-state index contributed by atoms with van der Waals surface area (Å²) in [6.07, 6.45) is -21.9. The maximum atomic E-state index is 11.9. The molecule has 0 aliphatic heterocycles. The van der Waals surface area contributed by atoms with E-state index in [0.717, 1.165) is 60.7 Å². The van der Waals surface area contributed by atoms with Gasteiger partial charge in [0.2, 0.25) is 0 Å². The summed E-state index contributed by atoms with van der Waals surface area (Å²) in [7, 11) is 0. The maximum Gasteiger partial charge on any atom is 0.416 e. The van der Waals surface area contributed by atoms with E-state index in [-0.39, 0.29) is 62.2 Å². The van der Waals surface area contributed by atoms with Crippen LogP contribution in [0, 0.1) is 0 Å². The molecule has 314 valence electrons. The van der Waals surface area contributed by atoms with E-state index in [9.17, 15) is 65.9 Å². The predicted molar refractivity (Wildman–Crippen MR) is 173 cm³/mol. The van der Waals surface area contributed by atoms with Crippen LogP contribution in [0.2, 0.25) is 0 Å². The molecule has 0 saturated carbocycles. The number of halogens is 16. The van der Waals surface area contributed by atoms with Crippen molar-refractivity contribution in [3.8, 4) is 28.7 Å². The average molecular weight is 1030 g/mol. The summed E-state index contributed by atoms with van der Waals surface area (Å²) in [5.41, 5.74) is -4.18. The van der Waals surface area contributed by atoms with Gasteiger partial charge in [-0.05, 0) is 91.0 Å². The van der Waals surface area contributed by atoms with Crippen molar-refractivity contribution in [2.75, 3.05) is 0 Å². The average Bonchev–Trinajstić information content (AvgIpc) is 3.04. The van der Waals surface area contributed by atoms with E-state index in [1.54, 1.807) is 0 Å². The minimum atomic E-state index is -4.38. The van der Waals surface area contributed by atoms with Crippen LogP contribution in [0.4, 0.5) is 65.9 Å². The molecule has 0 amide bonds. The first-order valence-electron chi connectivity index (χ1n) is 14.3. The number of rotatable bonds is 0. The van der Waals surface area contributed by atoms with Crippen molar-refractivity contribution in [3.05, 3.63) is 149 Å². The fourth-order valence-corrected chi connectivity index (χ4v) is 3.41. The molecule has 0 radical (unpaired) electrons. The number of benzene rings is 5. The first-order valence-corrected chi connectivity index (χ1v) is 14.3. The van der Waals surface area contributed by atoms with Crippen molar-refractivity contribution < 1.29 is 112 Å². The van der Waals surface area contributed by atoms with Gasteiger partial charge in [0, 0.05) is 21.1 Å². The largest absolute Gasteiger partial charge is 0.508 e. The molecule has 0 heterocycles. The molecule has 0 atom stereocenters. The van der Waals surface area contributed by atoms with Crippen LogP contribution in [0.25, 0.3) is 0 Å². The SMILES string of the molecule is Cl.Oc1cccc(C(F)(F)F)c1.Oc1cccc(C(F)(F)F)c1.Oc1cccc(C(F)(F)F)c1.Oc1cccc(C(F)(F)F)c1.Oc1cccc(C(F)(F)F)c1.[W]. The van der Waals surface area contributed by atoms with E-state index in [1.165, 1.54) is 30.3 Å². The van der Waals surface area contributed by atoms with Gasteiger partial charge in [-0.2, -0.15) is 65.9 Å². The van der Waals surface area contributed by atoms with Gasteiger partial charge in [-0.1, -0.05) is 30.3 Å². The van der Waals surface area contributed by atoms with Gasteiger partial charge in [0.15, 0.2) is 0 Å². The van der Waals surface area contributed by atoms with E-state index >= 15 is 0 Å². The second-order valence-electron chi connectivity index (χ2n) is 10.2. The van der Waals surface area contributed by atoms with Gasteiger partial charge in [0.1, 0.15) is 28.7 Å². The standard InChI is InChI=1S/5C7H5F3O.ClH.W/c5*8-7(9,10)5-2-1-3-6(11)4-5;;/h5*1-4,11H;1H;. The molecule has 57 heavy (non-hydrogen) atoms. The van der Waals surface area contributed by atoms with Crippen LogP contribution in [0.3, 0.4) is 0 Å². The van der Waals surface area contributed by atoms with Crippen LogP contribution in [0.1, 0.15) is 27.8 Å². The molecule has 0 bridgehead atoms. The van der Waals surface area contributed by atoms with Crippen molar-refractivity contribution in [2.24, 2.45) is 0 Å². The van der Waals surface area contributed by atoms with E-state index in [4.69, 9.17) is 25.5 Å². The van der Waals surface area contributed by atoms with Crippen LogP contribution in [-0.4, -0.2) is 25.5 Å². The van der Waals surface area contributed by atoms with Crippen LogP contribution in [0.5, 0.6) is 28.7 Å². The maximum absolute atomic E-state index is 11.9. The zero-order valence-corrected chi connectivity index (χ0v) is 31.5. The van der Waals surface area contributed by atoms with E-state index < -0.39 is 58.7 Å². The number of aromatic hydroxyl groups is 5. The zero-order chi connectivity index (χ0) is 42.4. The van der Waals surface area contributed by atoms with Gasteiger partial charge in [0.05, 0.1) is 27.8 Å². The zero-order valence-electron chi connectivity index (χ0n) is 27.8. The third kappa shape index (κ3) is 21.8. The van der Waals surface area contributed by atoms with E-state index in [0.29, 0.717) is 30.3 Å². The summed E-state index contributed by atoms with van der Waals surface area (Å²) >= 11 is 0. The van der Waals surface area contributed by atoms with Crippen LogP contribution in [-0.2, 0) is 51.9 Å². The predicted octanol–water partition coefficient (Wildman–Crippen LogP) is 12.5. The van der Waals surface area contributed by atoms with Gasteiger partial charge in [-0.3, -0.25) is 0 Å². The molecule has 0 unspecified atom stereocenters. The minimum Gasteiger partial charge on any atom is -0.508 e. The minimum absolute atomic E-state index is 0. The monoisotopic (exact) mass is 1030 g/mol. The number of phenolic OH excluding ortho intramolecular Hbond substituents is 5. The van der Waals surface area contributed by atoms with Gasteiger partial charge < -0.3 is 25.5 Å². The fourth-order valence-electron chi connectivity index (χ4n) is 3.41. The van der Waals surface area contributed by atoms with Crippen molar-refractivity contribution in [3.63, 3.8) is 0 Å². The molecule has 0 spiro atoms.